The summed E-state index contributed by atoms with van der Waals surface area (Å²) in [7, 11) is 0. The fraction of sp³-hybridized carbons (Fsp3) is 1.00. The van der Waals surface area contributed by atoms with Crippen LogP contribution in [0.1, 0.15) is 51.4 Å². The van der Waals surface area contributed by atoms with E-state index in [1.54, 1.807) is 0 Å². The molecule has 10 heteroatoms. The summed E-state index contributed by atoms with van der Waals surface area (Å²) < 4.78 is 9.27. The van der Waals surface area contributed by atoms with Crippen molar-refractivity contribution >= 4 is 18.5 Å². The topological polar surface area (TPSA) is 97.6 Å². The maximum atomic E-state index is 9.56. The second kappa shape index (κ2) is 18.3. The molecule has 7 nitrogen and oxygen atoms in total. The van der Waals surface area contributed by atoms with E-state index in [9.17, 15) is 4.89 Å². The van der Waals surface area contributed by atoms with Crippen molar-refractivity contribution in [1.29, 1.82) is 0 Å². The van der Waals surface area contributed by atoms with Crippen LogP contribution in [0.15, 0.2) is 0 Å². The summed E-state index contributed by atoms with van der Waals surface area (Å²) >= 11 is 4.69. The summed E-state index contributed by atoms with van der Waals surface area (Å²) in [5.41, 5.74) is 0. The van der Waals surface area contributed by atoms with Crippen LogP contribution in [0.4, 0.5) is 0 Å². The summed E-state index contributed by atoms with van der Waals surface area (Å²) in [4.78, 5) is 19.1. The monoisotopic (exact) mass is 410 g/mol. The minimum absolute atomic E-state index is 0. The third-order valence-electron chi connectivity index (χ3n) is 2.57. The van der Waals surface area contributed by atoms with Gasteiger partial charge in [0, 0.05) is 32.7 Å². The Bertz CT molecular complexity index is 252. The van der Waals surface area contributed by atoms with E-state index >= 15 is 0 Å². The zero-order valence-corrected chi connectivity index (χ0v) is 17.7. The molecule has 0 aliphatic rings. The summed E-state index contributed by atoms with van der Waals surface area (Å²) in [6, 6.07) is 0. The van der Waals surface area contributed by atoms with Gasteiger partial charge >= 0.3 is 6.72 Å². The van der Waals surface area contributed by atoms with Crippen molar-refractivity contribution in [3.05, 3.63) is 0 Å². The molecule has 0 saturated carbocycles. The van der Waals surface area contributed by atoms with Gasteiger partial charge in [0.05, 0.1) is 13.2 Å². The summed E-state index contributed by atoms with van der Waals surface area (Å²) in [5, 5.41) is 17.2. The van der Waals surface area contributed by atoms with E-state index in [0.717, 1.165) is 51.4 Å². The quantitative estimate of drug-likeness (QED) is 0.117. The largest absolute Gasteiger partial charge is 0.396 e. The van der Waals surface area contributed by atoms with Crippen LogP contribution in [0, 0.1) is 0 Å². The molecule has 0 unspecified atom stereocenters. The Labute approximate surface area is 150 Å². The zero-order chi connectivity index (χ0) is 15.8. The first-order valence-electron chi connectivity index (χ1n) is 7.29. The molecule has 0 radical (unpaired) electrons. The molecule has 0 amide bonds. The number of rotatable bonds is 16. The Balaban J connectivity index is 0. The second-order valence-corrected chi connectivity index (χ2v) is 7.16. The number of hydrogen-bond acceptors (Lipinski definition) is 7. The Hall–Kier alpha value is 0.993. The van der Waals surface area contributed by atoms with E-state index in [0.29, 0.717) is 13.2 Å². The molecule has 22 heavy (non-hydrogen) atoms. The second-order valence-electron chi connectivity index (χ2n) is 4.54. The molecular weight excluding hydrogens is 385 g/mol. The Morgan fingerprint density at radius 1 is 0.682 bits per heavy atom. The molecule has 0 saturated heterocycles. The summed E-state index contributed by atoms with van der Waals surface area (Å²) in [5.74, 6) is 0. The van der Waals surface area contributed by atoms with E-state index in [1.165, 1.54) is 0 Å². The first kappa shape index (κ1) is 25.2. The molecule has 0 fully saturated rings. The van der Waals surface area contributed by atoms with Gasteiger partial charge in [-0.2, -0.15) is 0 Å². The minimum Gasteiger partial charge on any atom is -0.396 e. The molecule has 0 heterocycles. The summed E-state index contributed by atoms with van der Waals surface area (Å²) in [6.45, 7) is -2.52. The van der Waals surface area contributed by atoms with Crippen molar-refractivity contribution < 1.29 is 53.7 Å². The van der Waals surface area contributed by atoms with Crippen molar-refractivity contribution in [1.82, 2.24) is 0 Å². The molecule has 0 rings (SSSR count). The molecule has 0 spiro atoms. The predicted molar refractivity (Wildman–Crippen MR) is 81.7 cm³/mol. The molecule has 0 bridgehead atoms. The smallest absolute Gasteiger partial charge is 0.380 e. The maximum absolute atomic E-state index is 9.56. The molecule has 3 N–H and O–H groups in total. The van der Waals surface area contributed by atoms with Crippen molar-refractivity contribution in [2.75, 3.05) is 26.4 Å². The van der Waals surface area contributed by atoms with Gasteiger partial charge in [-0.25, -0.2) is 9.78 Å². The maximum Gasteiger partial charge on any atom is 0.380 e. The van der Waals surface area contributed by atoms with Gasteiger partial charge in [0.2, 0.25) is 0 Å². The molecule has 0 aliphatic heterocycles. The zero-order valence-electron chi connectivity index (χ0n) is 13.0. The fourth-order valence-corrected chi connectivity index (χ4v) is 2.17. The molecule has 0 aliphatic carbocycles. The van der Waals surface area contributed by atoms with Crippen LogP contribution in [-0.2, 0) is 50.4 Å². The van der Waals surface area contributed by atoms with Gasteiger partial charge in [-0.05, 0) is 37.5 Å². The predicted octanol–water partition coefficient (Wildman–Crippen LogP) is 2.20. The van der Waals surface area contributed by atoms with Crippen LogP contribution in [0.25, 0.3) is 0 Å². The fourth-order valence-electron chi connectivity index (χ4n) is 1.47. The SMILES string of the molecule is OCCCCCCOOP(O)(=S)OOCCCCCCO.[Zn]. The van der Waals surface area contributed by atoms with Crippen molar-refractivity contribution in [2.45, 2.75) is 51.4 Å². The van der Waals surface area contributed by atoms with Crippen LogP contribution in [-0.4, -0.2) is 41.5 Å². The van der Waals surface area contributed by atoms with E-state index in [1.807, 2.05) is 0 Å². The first-order valence-corrected chi connectivity index (χ1v) is 9.88. The molecule has 0 aromatic carbocycles. The third kappa shape index (κ3) is 19.0. The molecule has 0 aromatic heterocycles. The van der Waals surface area contributed by atoms with Gasteiger partial charge in [-0.15, -0.1) is 9.35 Å². The van der Waals surface area contributed by atoms with Gasteiger partial charge in [-0.3, -0.25) is 0 Å². The van der Waals surface area contributed by atoms with Crippen LogP contribution >= 0.6 is 6.72 Å². The Morgan fingerprint density at radius 3 is 1.41 bits per heavy atom. The van der Waals surface area contributed by atoms with E-state index in [-0.39, 0.29) is 32.7 Å². The average Bonchev–Trinajstić information content (AvgIpc) is 2.45. The van der Waals surface area contributed by atoms with Gasteiger partial charge in [0.1, 0.15) is 0 Å². The molecule has 0 atom stereocenters. The van der Waals surface area contributed by atoms with Gasteiger partial charge in [-0.1, -0.05) is 25.7 Å². The van der Waals surface area contributed by atoms with Gasteiger partial charge in [0.25, 0.3) is 0 Å². The standard InChI is InChI=1S/C12H27O7PS.Zn/c13-9-5-1-3-7-11-16-18-20(15,21)19-17-12-8-4-2-6-10-14;/h13-14H,1-12H2,(H,15,21);. The van der Waals surface area contributed by atoms with Crippen LogP contribution in [0.5, 0.6) is 0 Å². The van der Waals surface area contributed by atoms with Crippen LogP contribution in [0.3, 0.4) is 0 Å². The minimum atomic E-state index is -3.51. The average molecular weight is 412 g/mol. The number of aliphatic hydroxyl groups is 2. The summed E-state index contributed by atoms with van der Waals surface area (Å²) in [6.07, 6.45) is 6.70. The Kier molecular flexibility index (Phi) is 21.0. The van der Waals surface area contributed by atoms with Crippen LogP contribution < -0.4 is 0 Å². The number of aliphatic hydroxyl groups excluding tert-OH is 2. The van der Waals surface area contributed by atoms with Gasteiger partial charge < -0.3 is 15.1 Å². The van der Waals surface area contributed by atoms with Crippen molar-refractivity contribution in [2.24, 2.45) is 0 Å². The van der Waals surface area contributed by atoms with Crippen molar-refractivity contribution in [3.63, 3.8) is 0 Å². The van der Waals surface area contributed by atoms with E-state index in [2.05, 4.69) is 21.2 Å². The normalized spacial score (nSPS) is 11.4. The molecule has 0 aromatic rings. The third-order valence-corrected chi connectivity index (χ3v) is 3.52. The first-order chi connectivity index (χ1) is 10.1. The van der Waals surface area contributed by atoms with E-state index in [4.69, 9.17) is 20.0 Å². The van der Waals surface area contributed by atoms with Gasteiger partial charge in [0.15, 0.2) is 0 Å². The number of unbranched alkanes of at least 4 members (excludes halogenated alkanes) is 6. The number of hydrogen-bond donors (Lipinski definition) is 3. The van der Waals surface area contributed by atoms with Crippen molar-refractivity contribution in [3.8, 4) is 0 Å². The molecular formula is C12H27O7PSZn. The Morgan fingerprint density at radius 2 is 1.05 bits per heavy atom. The van der Waals surface area contributed by atoms with E-state index < -0.39 is 6.72 Å². The molecule has 130 valence electrons. The van der Waals surface area contributed by atoms with Crippen LogP contribution in [0.2, 0.25) is 0 Å².